The number of benzene rings is 1. The molecule has 106 valence electrons. The normalized spacial score (nSPS) is 27.4. The lowest BCUT2D eigenvalue weighted by molar-refractivity contribution is 0.167. The van der Waals surface area contributed by atoms with Gasteiger partial charge in [-0.2, -0.15) is 0 Å². The van der Waals surface area contributed by atoms with E-state index in [1.807, 2.05) is 6.07 Å². The molecule has 0 aromatic heterocycles. The summed E-state index contributed by atoms with van der Waals surface area (Å²) in [6.07, 6.45) is 6.30. The Morgan fingerprint density at radius 2 is 2.21 bits per heavy atom. The zero-order valence-corrected chi connectivity index (χ0v) is 12.2. The van der Waals surface area contributed by atoms with Crippen LogP contribution in [0.1, 0.15) is 57.4 Å². The van der Waals surface area contributed by atoms with Crippen molar-refractivity contribution in [1.82, 2.24) is 5.32 Å². The summed E-state index contributed by atoms with van der Waals surface area (Å²) in [6, 6.07) is 7.18. The second kappa shape index (κ2) is 6.51. The van der Waals surface area contributed by atoms with E-state index in [1.54, 1.807) is 6.07 Å². The Hall–Kier alpha value is -0.890. The average Bonchev–Trinajstić information content (AvgIpc) is 2.39. The van der Waals surface area contributed by atoms with Gasteiger partial charge in [-0.05, 0) is 42.5 Å². The lowest BCUT2D eigenvalue weighted by atomic mass is 9.66. The minimum absolute atomic E-state index is 0.112. The number of hydrogen-bond donors (Lipinski definition) is 1. The molecule has 0 radical (unpaired) electrons. The fourth-order valence-corrected chi connectivity index (χ4v) is 3.36. The molecule has 1 N–H and O–H groups in total. The van der Waals surface area contributed by atoms with Gasteiger partial charge in [0.1, 0.15) is 5.82 Å². The largest absolute Gasteiger partial charge is 0.316 e. The first-order valence-corrected chi connectivity index (χ1v) is 7.62. The molecule has 1 fully saturated rings. The van der Waals surface area contributed by atoms with Gasteiger partial charge >= 0.3 is 0 Å². The van der Waals surface area contributed by atoms with Gasteiger partial charge in [0.05, 0.1) is 0 Å². The Labute approximate surface area is 116 Å². The summed E-state index contributed by atoms with van der Waals surface area (Å²) < 4.78 is 13.5. The van der Waals surface area contributed by atoms with Crippen molar-refractivity contribution in [2.75, 3.05) is 13.1 Å². The number of piperidine rings is 1. The standard InChI is InChI=1S/C17H26FN/c1-3-4-5-9-17(2)10-11-19-13-16(17)14-7-6-8-15(18)12-14/h6-8,12,16,19H,3-5,9-11,13H2,1-2H3. The van der Waals surface area contributed by atoms with Gasteiger partial charge in [0.15, 0.2) is 0 Å². The molecule has 2 atom stereocenters. The van der Waals surface area contributed by atoms with Crippen LogP contribution in [-0.4, -0.2) is 13.1 Å². The van der Waals surface area contributed by atoms with Crippen molar-refractivity contribution in [1.29, 1.82) is 0 Å². The van der Waals surface area contributed by atoms with Gasteiger partial charge < -0.3 is 5.32 Å². The molecule has 1 nitrogen and oxygen atoms in total. The third-order valence-electron chi connectivity index (χ3n) is 4.67. The summed E-state index contributed by atoms with van der Waals surface area (Å²) in [5, 5.41) is 3.48. The Bertz CT molecular complexity index is 404. The van der Waals surface area contributed by atoms with Crippen molar-refractivity contribution in [3.63, 3.8) is 0 Å². The van der Waals surface area contributed by atoms with Gasteiger partial charge in [0, 0.05) is 12.5 Å². The third kappa shape index (κ3) is 3.56. The second-order valence-electron chi connectivity index (χ2n) is 6.17. The van der Waals surface area contributed by atoms with E-state index in [1.165, 1.54) is 38.2 Å². The first-order chi connectivity index (χ1) is 9.15. The Morgan fingerprint density at radius 3 is 2.95 bits per heavy atom. The fraction of sp³-hybridized carbons (Fsp3) is 0.647. The molecule has 2 rings (SSSR count). The van der Waals surface area contributed by atoms with Gasteiger partial charge in [-0.15, -0.1) is 0 Å². The van der Waals surface area contributed by atoms with Crippen molar-refractivity contribution in [2.24, 2.45) is 5.41 Å². The maximum atomic E-state index is 13.5. The predicted molar refractivity (Wildman–Crippen MR) is 78.9 cm³/mol. The van der Waals surface area contributed by atoms with Gasteiger partial charge in [-0.25, -0.2) is 4.39 Å². The maximum Gasteiger partial charge on any atom is 0.123 e. The molecule has 2 heteroatoms. The van der Waals surface area contributed by atoms with E-state index in [2.05, 4.69) is 25.2 Å². The van der Waals surface area contributed by atoms with E-state index < -0.39 is 0 Å². The van der Waals surface area contributed by atoms with Crippen molar-refractivity contribution < 1.29 is 4.39 Å². The summed E-state index contributed by atoms with van der Waals surface area (Å²) in [5.74, 6) is 0.327. The number of halogens is 1. The van der Waals surface area contributed by atoms with Crippen LogP contribution in [0, 0.1) is 11.2 Å². The quantitative estimate of drug-likeness (QED) is 0.772. The molecule has 1 aliphatic rings. The molecule has 1 aliphatic heterocycles. The van der Waals surface area contributed by atoms with Crippen LogP contribution in [0.2, 0.25) is 0 Å². The molecule has 1 heterocycles. The molecule has 0 saturated carbocycles. The number of hydrogen-bond acceptors (Lipinski definition) is 1. The van der Waals surface area contributed by atoms with E-state index in [0.717, 1.165) is 18.7 Å². The van der Waals surface area contributed by atoms with Crippen LogP contribution in [0.15, 0.2) is 24.3 Å². The van der Waals surface area contributed by atoms with Crippen LogP contribution >= 0.6 is 0 Å². The Morgan fingerprint density at radius 1 is 1.37 bits per heavy atom. The predicted octanol–water partition coefficient (Wildman–Crippen LogP) is 4.49. The molecule has 0 amide bonds. The molecule has 19 heavy (non-hydrogen) atoms. The minimum Gasteiger partial charge on any atom is -0.316 e. The highest BCUT2D eigenvalue weighted by molar-refractivity contribution is 5.24. The Kier molecular flexibility index (Phi) is 4.98. The summed E-state index contributed by atoms with van der Waals surface area (Å²) in [5.41, 5.74) is 1.47. The monoisotopic (exact) mass is 263 g/mol. The van der Waals surface area contributed by atoms with Gasteiger partial charge in [0.2, 0.25) is 0 Å². The minimum atomic E-state index is -0.112. The number of rotatable bonds is 5. The first-order valence-electron chi connectivity index (χ1n) is 7.62. The van der Waals surface area contributed by atoms with Crippen LogP contribution < -0.4 is 5.32 Å². The zero-order valence-electron chi connectivity index (χ0n) is 12.2. The van der Waals surface area contributed by atoms with E-state index in [0.29, 0.717) is 11.3 Å². The highest BCUT2D eigenvalue weighted by Crippen LogP contribution is 2.44. The highest BCUT2D eigenvalue weighted by Gasteiger charge is 2.36. The lowest BCUT2D eigenvalue weighted by Crippen LogP contribution is -2.42. The first kappa shape index (κ1) is 14.5. The average molecular weight is 263 g/mol. The maximum absolute atomic E-state index is 13.5. The van der Waals surface area contributed by atoms with Crippen molar-refractivity contribution in [3.8, 4) is 0 Å². The molecule has 1 aromatic carbocycles. The number of nitrogens with one attached hydrogen (secondary N) is 1. The summed E-state index contributed by atoms with van der Waals surface area (Å²) >= 11 is 0. The van der Waals surface area contributed by atoms with E-state index in [-0.39, 0.29) is 5.82 Å². The van der Waals surface area contributed by atoms with E-state index in [4.69, 9.17) is 0 Å². The zero-order chi connectivity index (χ0) is 13.7. The molecular formula is C17H26FN. The van der Waals surface area contributed by atoms with Crippen molar-refractivity contribution >= 4 is 0 Å². The summed E-state index contributed by atoms with van der Waals surface area (Å²) in [6.45, 7) is 6.70. The molecule has 1 saturated heterocycles. The molecule has 0 aliphatic carbocycles. The smallest absolute Gasteiger partial charge is 0.123 e. The van der Waals surface area contributed by atoms with Crippen LogP contribution in [0.3, 0.4) is 0 Å². The van der Waals surface area contributed by atoms with Crippen molar-refractivity contribution in [2.45, 2.75) is 51.9 Å². The Balaban J connectivity index is 2.15. The SMILES string of the molecule is CCCCCC1(C)CCNCC1c1cccc(F)c1. The lowest BCUT2D eigenvalue weighted by Gasteiger charge is -2.42. The van der Waals surface area contributed by atoms with Crippen LogP contribution in [-0.2, 0) is 0 Å². The van der Waals surface area contributed by atoms with Gasteiger partial charge in [-0.1, -0.05) is 45.2 Å². The van der Waals surface area contributed by atoms with Crippen LogP contribution in [0.4, 0.5) is 4.39 Å². The van der Waals surface area contributed by atoms with Crippen molar-refractivity contribution in [3.05, 3.63) is 35.6 Å². The summed E-state index contributed by atoms with van der Waals surface area (Å²) in [7, 11) is 0. The van der Waals surface area contributed by atoms with Gasteiger partial charge in [0.25, 0.3) is 0 Å². The molecule has 0 spiro atoms. The third-order valence-corrected chi connectivity index (χ3v) is 4.67. The molecule has 1 aromatic rings. The topological polar surface area (TPSA) is 12.0 Å². The molecule has 2 unspecified atom stereocenters. The highest BCUT2D eigenvalue weighted by atomic mass is 19.1. The summed E-state index contributed by atoms with van der Waals surface area (Å²) in [4.78, 5) is 0. The fourth-order valence-electron chi connectivity index (χ4n) is 3.36. The molecular weight excluding hydrogens is 237 g/mol. The number of unbranched alkanes of at least 4 members (excludes halogenated alkanes) is 2. The van der Waals surface area contributed by atoms with Crippen LogP contribution in [0.5, 0.6) is 0 Å². The van der Waals surface area contributed by atoms with Crippen LogP contribution in [0.25, 0.3) is 0 Å². The molecule has 0 bridgehead atoms. The second-order valence-corrected chi connectivity index (χ2v) is 6.17. The van der Waals surface area contributed by atoms with E-state index >= 15 is 0 Å². The van der Waals surface area contributed by atoms with E-state index in [9.17, 15) is 4.39 Å². The van der Waals surface area contributed by atoms with Gasteiger partial charge in [-0.3, -0.25) is 0 Å².